The summed E-state index contributed by atoms with van der Waals surface area (Å²) in [5.41, 5.74) is 0.799. The van der Waals surface area contributed by atoms with Crippen molar-refractivity contribution in [3.8, 4) is 5.75 Å². The maximum atomic E-state index is 12.1. The zero-order chi connectivity index (χ0) is 13.3. The number of ether oxygens (including phenoxy) is 1. The molecule has 0 atom stereocenters. The van der Waals surface area contributed by atoms with E-state index in [9.17, 15) is 13.2 Å². The first-order chi connectivity index (χ1) is 8.33. The summed E-state index contributed by atoms with van der Waals surface area (Å²) in [5.74, 6) is 0.494. The maximum absolute atomic E-state index is 12.1. The highest BCUT2D eigenvalue weighted by molar-refractivity contribution is 9.10. The standard InChI is InChI=1S/C12H13BrF3NO/c1-7-4-9(5-7)17-8-2-3-11(10(13)6-8)18-12(14,15)16/h2-3,6-7,9,17H,4-5H2,1H3. The van der Waals surface area contributed by atoms with Gasteiger partial charge in [0.05, 0.1) is 4.47 Å². The van der Waals surface area contributed by atoms with Crippen LogP contribution < -0.4 is 10.1 Å². The Morgan fingerprint density at radius 3 is 2.50 bits per heavy atom. The van der Waals surface area contributed by atoms with Gasteiger partial charge in [0, 0.05) is 11.7 Å². The summed E-state index contributed by atoms with van der Waals surface area (Å²) in [6.07, 6.45) is -2.47. The second-order valence-electron chi connectivity index (χ2n) is 4.61. The number of benzene rings is 1. The van der Waals surface area contributed by atoms with E-state index in [-0.39, 0.29) is 10.2 Å². The monoisotopic (exact) mass is 323 g/mol. The van der Waals surface area contributed by atoms with Gasteiger partial charge in [-0.15, -0.1) is 13.2 Å². The molecule has 0 aromatic heterocycles. The highest BCUT2D eigenvalue weighted by atomic mass is 79.9. The number of hydrogen-bond donors (Lipinski definition) is 1. The molecule has 0 heterocycles. The van der Waals surface area contributed by atoms with Gasteiger partial charge >= 0.3 is 6.36 Å². The second-order valence-corrected chi connectivity index (χ2v) is 5.47. The Hall–Kier alpha value is -0.910. The summed E-state index contributed by atoms with van der Waals surface area (Å²) in [5, 5.41) is 3.27. The largest absolute Gasteiger partial charge is 0.573 e. The predicted molar refractivity (Wildman–Crippen MR) is 66.6 cm³/mol. The Kier molecular flexibility index (Phi) is 3.75. The molecule has 0 amide bonds. The van der Waals surface area contributed by atoms with Crippen molar-refractivity contribution < 1.29 is 17.9 Å². The molecular weight excluding hydrogens is 311 g/mol. The molecule has 1 N–H and O–H groups in total. The van der Waals surface area contributed by atoms with Gasteiger partial charge in [0.25, 0.3) is 0 Å². The van der Waals surface area contributed by atoms with Gasteiger partial charge in [-0.2, -0.15) is 0 Å². The molecule has 1 aliphatic carbocycles. The van der Waals surface area contributed by atoms with Crippen LogP contribution in [0.1, 0.15) is 19.8 Å². The summed E-state index contributed by atoms with van der Waals surface area (Å²) in [6.45, 7) is 2.17. The Balaban J connectivity index is 2.01. The third-order valence-corrected chi connectivity index (χ3v) is 3.52. The highest BCUT2D eigenvalue weighted by Crippen LogP contribution is 2.34. The number of halogens is 4. The van der Waals surface area contributed by atoms with Crippen LogP contribution in [0, 0.1) is 5.92 Å². The first-order valence-electron chi connectivity index (χ1n) is 5.65. The molecule has 0 saturated heterocycles. The van der Waals surface area contributed by atoms with Gasteiger partial charge in [0.1, 0.15) is 5.75 Å². The fourth-order valence-electron chi connectivity index (χ4n) is 2.05. The van der Waals surface area contributed by atoms with Crippen molar-refractivity contribution in [2.24, 2.45) is 5.92 Å². The van der Waals surface area contributed by atoms with Crippen molar-refractivity contribution in [1.29, 1.82) is 0 Å². The lowest BCUT2D eigenvalue weighted by molar-refractivity contribution is -0.274. The fourth-order valence-corrected chi connectivity index (χ4v) is 2.51. The molecule has 0 unspecified atom stereocenters. The van der Waals surface area contributed by atoms with Gasteiger partial charge in [0.15, 0.2) is 0 Å². The Morgan fingerprint density at radius 2 is 2.00 bits per heavy atom. The lowest BCUT2D eigenvalue weighted by Gasteiger charge is -2.34. The van der Waals surface area contributed by atoms with Crippen LogP contribution in [-0.2, 0) is 0 Å². The van der Waals surface area contributed by atoms with Crippen molar-refractivity contribution in [2.75, 3.05) is 5.32 Å². The zero-order valence-corrected chi connectivity index (χ0v) is 11.3. The summed E-state index contributed by atoms with van der Waals surface area (Å²) in [6, 6.07) is 4.92. The van der Waals surface area contributed by atoms with E-state index in [0.29, 0.717) is 6.04 Å². The summed E-state index contributed by atoms with van der Waals surface area (Å²) in [7, 11) is 0. The average Bonchev–Trinajstić information content (AvgIpc) is 2.18. The molecule has 1 aromatic rings. The van der Waals surface area contributed by atoms with Crippen molar-refractivity contribution in [2.45, 2.75) is 32.2 Å². The number of rotatable bonds is 3. The molecule has 1 saturated carbocycles. The Morgan fingerprint density at radius 1 is 1.33 bits per heavy atom. The number of hydrogen-bond acceptors (Lipinski definition) is 2. The van der Waals surface area contributed by atoms with Crippen LogP contribution in [0.3, 0.4) is 0 Å². The molecule has 0 spiro atoms. The van der Waals surface area contributed by atoms with E-state index in [2.05, 4.69) is 32.9 Å². The highest BCUT2D eigenvalue weighted by Gasteiger charge is 2.32. The molecule has 1 aromatic carbocycles. The van der Waals surface area contributed by atoms with Gasteiger partial charge in [-0.3, -0.25) is 0 Å². The normalized spacial score (nSPS) is 23.4. The van der Waals surface area contributed by atoms with E-state index in [0.717, 1.165) is 24.4 Å². The molecule has 0 bridgehead atoms. The summed E-state index contributed by atoms with van der Waals surface area (Å²) in [4.78, 5) is 0. The van der Waals surface area contributed by atoms with Gasteiger partial charge < -0.3 is 10.1 Å². The van der Waals surface area contributed by atoms with Gasteiger partial charge in [0.2, 0.25) is 0 Å². The minimum Gasteiger partial charge on any atom is -0.405 e. The number of anilines is 1. The lowest BCUT2D eigenvalue weighted by Crippen LogP contribution is -2.33. The molecule has 1 aliphatic rings. The van der Waals surface area contributed by atoms with E-state index in [1.807, 2.05) is 0 Å². The molecule has 100 valence electrons. The van der Waals surface area contributed by atoms with Crippen LogP contribution in [0.4, 0.5) is 18.9 Å². The van der Waals surface area contributed by atoms with Crippen molar-refractivity contribution in [1.82, 2.24) is 0 Å². The van der Waals surface area contributed by atoms with Gasteiger partial charge in [-0.05, 0) is 52.9 Å². The van der Waals surface area contributed by atoms with Crippen molar-refractivity contribution in [3.05, 3.63) is 22.7 Å². The first kappa shape index (κ1) is 13.5. The SMILES string of the molecule is CC1CC(Nc2ccc(OC(F)(F)F)c(Br)c2)C1. The second kappa shape index (κ2) is 4.99. The third-order valence-electron chi connectivity index (χ3n) is 2.90. The minimum atomic E-state index is -4.67. The number of alkyl halides is 3. The van der Waals surface area contributed by atoms with E-state index >= 15 is 0 Å². The first-order valence-corrected chi connectivity index (χ1v) is 6.44. The molecule has 6 heteroatoms. The van der Waals surface area contributed by atoms with Crippen LogP contribution in [0.25, 0.3) is 0 Å². The lowest BCUT2D eigenvalue weighted by atomic mass is 9.82. The fraction of sp³-hybridized carbons (Fsp3) is 0.500. The van der Waals surface area contributed by atoms with Crippen molar-refractivity contribution >= 4 is 21.6 Å². The van der Waals surface area contributed by atoms with Gasteiger partial charge in [-0.1, -0.05) is 6.92 Å². The van der Waals surface area contributed by atoms with E-state index < -0.39 is 6.36 Å². The quantitative estimate of drug-likeness (QED) is 0.880. The Bertz CT molecular complexity index is 430. The molecular formula is C12H13BrF3NO. The van der Waals surface area contributed by atoms with E-state index in [1.54, 1.807) is 12.1 Å². The minimum absolute atomic E-state index is 0.227. The van der Waals surface area contributed by atoms with Crippen LogP contribution >= 0.6 is 15.9 Å². The smallest absolute Gasteiger partial charge is 0.405 e. The van der Waals surface area contributed by atoms with Crippen LogP contribution in [-0.4, -0.2) is 12.4 Å². The van der Waals surface area contributed by atoms with E-state index in [4.69, 9.17) is 0 Å². The summed E-state index contributed by atoms with van der Waals surface area (Å²) < 4.78 is 40.4. The molecule has 2 rings (SSSR count). The molecule has 0 aliphatic heterocycles. The van der Waals surface area contributed by atoms with Crippen molar-refractivity contribution in [3.63, 3.8) is 0 Å². The number of nitrogens with one attached hydrogen (secondary N) is 1. The molecule has 18 heavy (non-hydrogen) atoms. The molecule has 0 radical (unpaired) electrons. The van der Waals surface area contributed by atoms with Crippen LogP contribution in [0.5, 0.6) is 5.75 Å². The predicted octanol–water partition coefficient (Wildman–Crippen LogP) is 4.56. The molecule has 2 nitrogen and oxygen atoms in total. The van der Waals surface area contributed by atoms with Gasteiger partial charge in [-0.25, -0.2) is 0 Å². The Labute approximate surface area is 112 Å². The molecule has 1 fully saturated rings. The summed E-state index contributed by atoms with van der Waals surface area (Å²) >= 11 is 3.08. The topological polar surface area (TPSA) is 21.3 Å². The third kappa shape index (κ3) is 3.54. The van der Waals surface area contributed by atoms with Crippen LogP contribution in [0.15, 0.2) is 22.7 Å². The maximum Gasteiger partial charge on any atom is 0.573 e. The average molecular weight is 324 g/mol. The van der Waals surface area contributed by atoms with E-state index in [1.165, 1.54) is 6.07 Å². The zero-order valence-electron chi connectivity index (χ0n) is 9.72. The van der Waals surface area contributed by atoms with Crippen LogP contribution in [0.2, 0.25) is 0 Å².